The lowest BCUT2D eigenvalue weighted by Crippen LogP contribution is -2.02. The molecule has 1 aromatic heterocycles. The molecule has 1 saturated carbocycles. The number of carbonyl (C=O) groups is 1. The van der Waals surface area contributed by atoms with Crippen LogP contribution in [0.1, 0.15) is 34.9 Å². The van der Waals surface area contributed by atoms with Crippen molar-refractivity contribution in [2.45, 2.75) is 18.8 Å². The van der Waals surface area contributed by atoms with Crippen LogP contribution in [0.4, 0.5) is 0 Å². The zero-order chi connectivity index (χ0) is 8.55. The summed E-state index contributed by atoms with van der Waals surface area (Å²) in [6, 6.07) is 1.56. The zero-order valence-electron chi connectivity index (χ0n) is 6.40. The lowest BCUT2D eigenvalue weighted by molar-refractivity contribution is 0.0690. The molecule has 1 fully saturated rings. The predicted octanol–water partition coefficient (Wildman–Crippen LogP) is 1.05. The van der Waals surface area contributed by atoms with Gasteiger partial charge in [-0.1, -0.05) is 0 Å². The molecule has 0 spiro atoms. The Morgan fingerprint density at radius 1 is 1.50 bits per heavy atom. The largest absolute Gasteiger partial charge is 0.477 e. The topological polar surface area (TPSA) is 63.1 Å². The van der Waals surface area contributed by atoms with Crippen LogP contribution in [-0.4, -0.2) is 21.0 Å². The van der Waals surface area contributed by atoms with E-state index < -0.39 is 5.97 Å². The number of hydrogen-bond donors (Lipinski definition) is 1. The van der Waals surface area contributed by atoms with Crippen molar-refractivity contribution >= 4 is 5.97 Å². The van der Waals surface area contributed by atoms with Gasteiger partial charge in [0, 0.05) is 11.6 Å². The molecule has 0 amide bonds. The van der Waals surface area contributed by atoms with E-state index in [0.29, 0.717) is 5.92 Å². The van der Waals surface area contributed by atoms with Gasteiger partial charge in [0.2, 0.25) is 0 Å². The minimum atomic E-state index is -0.987. The second kappa shape index (κ2) is 2.55. The van der Waals surface area contributed by atoms with E-state index in [1.165, 1.54) is 6.33 Å². The van der Waals surface area contributed by atoms with Crippen LogP contribution < -0.4 is 0 Å². The lowest BCUT2D eigenvalue weighted by Gasteiger charge is -1.96. The summed E-state index contributed by atoms with van der Waals surface area (Å²) in [7, 11) is 0. The molecular formula is C8H8N2O2. The van der Waals surface area contributed by atoms with Crippen LogP contribution in [0.15, 0.2) is 12.4 Å². The normalized spacial score (nSPS) is 16.0. The lowest BCUT2D eigenvalue weighted by atomic mass is 10.2. The SMILES string of the molecule is O=C(O)c1cc(C2CC2)ncn1. The van der Waals surface area contributed by atoms with Gasteiger partial charge in [-0.2, -0.15) is 0 Å². The van der Waals surface area contributed by atoms with E-state index in [0.717, 1.165) is 18.5 Å². The Bertz CT molecular complexity index is 321. The number of carboxylic acids is 1. The van der Waals surface area contributed by atoms with Gasteiger partial charge in [0.05, 0.1) is 0 Å². The molecule has 0 aromatic carbocycles. The molecule has 4 heteroatoms. The highest BCUT2D eigenvalue weighted by Gasteiger charge is 2.25. The van der Waals surface area contributed by atoms with Gasteiger partial charge in [-0.25, -0.2) is 14.8 Å². The molecule has 0 bridgehead atoms. The number of carboxylic acid groups (broad SMARTS) is 1. The van der Waals surface area contributed by atoms with Crippen LogP contribution in [-0.2, 0) is 0 Å². The monoisotopic (exact) mass is 164 g/mol. The highest BCUT2D eigenvalue weighted by molar-refractivity contribution is 5.85. The van der Waals surface area contributed by atoms with Gasteiger partial charge in [0.1, 0.15) is 6.33 Å². The van der Waals surface area contributed by atoms with Gasteiger partial charge >= 0.3 is 5.97 Å². The summed E-state index contributed by atoms with van der Waals surface area (Å²) in [5, 5.41) is 8.62. The van der Waals surface area contributed by atoms with Gasteiger partial charge in [-0.05, 0) is 18.9 Å². The molecule has 0 unspecified atom stereocenters. The Hall–Kier alpha value is -1.45. The first-order chi connectivity index (χ1) is 5.77. The van der Waals surface area contributed by atoms with Crippen molar-refractivity contribution in [2.24, 2.45) is 0 Å². The Kier molecular flexibility index (Phi) is 1.53. The van der Waals surface area contributed by atoms with E-state index in [4.69, 9.17) is 5.11 Å². The van der Waals surface area contributed by atoms with Crippen LogP contribution in [0.2, 0.25) is 0 Å². The molecule has 4 nitrogen and oxygen atoms in total. The zero-order valence-corrected chi connectivity index (χ0v) is 6.40. The Morgan fingerprint density at radius 2 is 2.25 bits per heavy atom. The minimum Gasteiger partial charge on any atom is -0.477 e. The van der Waals surface area contributed by atoms with E-state index in [1.54, 1.807) is 6.07 Å². The maximum absolute atomic E-state index is 10.5. The Labute approximate surface area is 69.3 Å². The highest BCUT2D eigenvalue weighted by atomic mass is 16.4. The summed E-state index contributed by atoms with van der Waals surface area (Å²) in [6.07, 6.45) is 3.56. The smallest absolute Gasteiger partial charge is 0.354 e. The summed E-state index contributed by atoms with van der Waals surface area (Å²) >= 11 is 0. The van der Waals surface area contributed by atoms with Gasteiger partial charge in [0.25, 0.3) is 0 Å². The van der Waals surface area contributed by atoms with Gasteiger partial charge < -0.3 is 5.11 Å². The van der Waals surface area contributed by atoms with Crippen LogP contribution in [0.5, 0.6) is 0 Å². The first-order valence-corrected chi connectivity index (χ1v) is 3.82. The molecule has 0 aliphatic heterocycles. The van der Waals surface area contributed by atoms with Gasteiger partial charge in [-0.15, -0.1) is 0 Å². The van der Waals surface area contributed by atoms with Crippen LogP contribution >= 0.6 is 0 Å². The van der Waals surface area contributed by atoms with Gasteiger partial charge in [0.15, 0.2) is 5.69 Å². The minimum absolute atomic E-state index is 0.0897. The quantitative estimate of drug-likeness (QED) is 0.709. The molecule has 1 aromatic rings. The molecule has 1 N–H and O–H groups in total. The molecule has 12 heavy (non-hydrogen) atoms. The first-order valence-electron chi connectivity index (χ1n) is 3.82. The average molecular weight is 164 g/mol. The maximum Gasteiger partial charge on any atom is 0.354 e. The summed E-state index contributed by atoms with van der Waals surface area (Å²) in [5.74, 6) is -0.509. The highest BCUT2D eigenvalue weighted by Crippen LogP contribution is 2.38. The molecule has 0 atom stereocenters. The third-order valence-corrected chi connectivity index (χ3v) is 1.90. The summed E-state index contributed by atoms with van der Waals surface area (Å²) < 4.78 is 0. The third-order valence-electron chi connectivity index (χ3n) is 1.90. The fourth-order valence-corrected chi connectivity index (χ4v) is 1.09. The van der Waals surface area contributed by atoms with Crippen molar-refractivity contribution in [1.82, 2.24) is 9.97 Å². The second-order valence-electron chi connectivity index (χ2n) is 2.91. The molecular weight excluding hydrogens is 156 g/mol. The molecule has 1 aliphatic rings. The number of aromatic carboxylic acids is 1. The second-order valence-corrected chi connectivity index (χ2v) is 2.91. The molecule has 1 heterocycles. The summed E-state index contributed by atoms with van der Waals surface area (Å²) in [4.78, 5) is 18.2. The van der Waals surface area contributed by atoms with Crippen molar-refractivity contribution in [1.29, 1.82) is 0 Å². The van der Waals surface area contributed by atoms with Crippen molar-refractivity contribution < 1.29 is 9.90 Å². The molecule has 62 valence electrons. The van der Waals surface area contributed by atoms with E-state index in [9.17, 15) is 4.79 Å². The molecule has 0 radical (unpaired) electrons. The molecule has 0 saturated heterocycles. The number of hydrogen-bond acceptors (Lipinski definition) is 3. The van der Waals surface area contributed by atoms with Crippen molar-refractivity contribution in [3.63, 3.8) is 0 Å². The van der Waals surface area contributed by atoms with Crippen molar-refractivity contribution in [2.75, 3.05) is 0 Å². The number of rotatable bonds is 2. The van der Waals surface area contributed by atoms with Crippen LogP contribution in [0.3, 0.4) is 0 Å². The van der Waals surface area contributed by atoms with E-state index >= 15 is 0 Å². The average Bonchev–Trinajstić information content (AvgIpc) is 2.87. The maximum atomic E-state index is 10.5. The van der Waals surface area contributed by atoms with E-state index in [1.807, 2.05) is 0 Å². The molecule has 1 aliphatic carbocycles. The summed E-state index contributed by atoms with van der Waals surface area (Å²) in [6.45, 7) is 0. The number of aromatic nitrogens is 2. The predicted molar refractivity (Wildman–Crippen MR) is 41.0 cm³/mol. The van der Waals surface area contributed by atoms with Gasteiger partial charge in [-0.3, -0.25) is 0 Å². The van der Waals surface area contributed by atoms with E-state index in [2.05, 4.69) is 9.97 Å². The fraction of sp³-hybridized carbons (Fsp3) is 0.375. The number of nitrogens with zero attached hydrogens (tertiary/aromatic N) is 2. The van der Waals surface area contributed by atoms with Crippen molar-refractivity contribution in [3.8, 4) is 0 Å². The van der Waals surface area contributed by atoms with E-state index in [-0.39, 0.29) is 5.69 Å². The van der Waals surface area contributed by atoms with Crippen LogP contribution in [0, 0.1) is 0 Å². The fourth-order valence-electron chi connectivity index (χ4n) is 1.09. The van der Waals surface area contributed by atoms with Crippen LogP contribution in [0.25, 0.3) is 0 Å². The van der Waals surface area contributed by atoms with Crippen molar-refractivity contribution in [3.05, 3.63) is 23.8 Å². The first kappa shape index (κ1) is 7.21. The molecule has 2 rings (SSSR count). The third kappa shape index (κ3) is 1.28. The Balaban J connectivity index is 2.32. The standard InChI is InChI=1S/C8H8N2O2/c11-8(12)7-3-6(5-1-2-5)9-4-10-7/h3-5H,1-2H2,(H,11,12). The summed E-state index contributed by atoms with van der Waals surface area (Å²) in [5.41, 5.74) is 0.953. The Morgan fingerprint density at radius 3 is 2.83 bits per heavy atom.